The van der Waals surface area contributed by atoms with Crippen molar-refractivity contribution in [1.82, 2.24) is 10.2 Å². The number of ether oxygens (including phenoxy) is 1. The van der Waals surface area contributed by atoms with E-state index in [0.717, 1.165) is 0 Å². The molecule has 2 unspecified atom stereocenters. The fourth-order valence-corrected chi connectivity index (χ4v) is 2.48. The van der Waals surface area contributed by atoms with Crippen molar-refractivity contribution < 1.29 is 19.4 Å². The quantitative estimate of drug-likeness (QED) is 0.786. The number of rotatable bonds is 6. The second kappa shape index (κ2) is 7.64. The second-order valence-electron chi connectivity index (χ2n) is 6.35. The number of carboxylic acid groups (broad SMARTS) is 1. The van der Waals surface area contributed by atoms with Gasteiger partial charge < -0.3 is 20.1 Å². The number of aliphatic carboxylic acids is 1. The minimum Gasteiger partial charge on any atom is -0.481 e. The van der Waals surface area contributed by atoms with Crippen LogP contribution < -0.4 is 5.32 Å². The van der Waals surface area contributed by atoms with Gasteiger partial charge in [-0.2, -0.15) is 0 Å². The molecular formula is C15H28N2O4. The number of carbonyl (C=O) groups excluding carboxylic acids is 1. The molecule has 122 valence electrons. The minimum atomic E-state index is -0.844. The molecule has 0 aromatic heterocycles. The van der Waals surface area contributed by atoms with E-state index in [1.165, 1.54) is 0 Å². The van der Waals surface area contributed by atoms with Gasteiger partial charge in [0, 0.05) is 19.7 Å². The summed E-state index contributed by atoms with van der Waals surface area (Å²) in [6.07, 6.45) is 1.33. The minimum absolute atomic E-state index is 0.0598. The number of nitrogens with zero attached hydrogens (tertiary/aromatic N) is 1. The first-order chi connectivity index (χ1) is 9.80. The van der Waals surface area contributed by atoms with E-state index in [-0.39, 0.29) is 24.5 Å². The molecule has 2 N–H and O–H groups in total. The maximum Gasteiger partial charge on any atom is 0.317 e. The van der Waals surface area contributed by atoms with E-state index in [4.69, 9.17) is 4.74 Å². The summed E-state index contributed by atoms with van der Waals surface area (Å²) in [7, 11) is 0. The summed E-state index contributed by atoms with van der Waals surface area (Å²) in [6, 6.07) is -0.254. The molecular weight excluding hydrogens is 272 g/mol. The van der Waals surface area contributed by atoms with E-state index in [1.54, 1.807) is 11.8 Å². The highest BCUT2D eigenvalue weighted by molar-refractivity contribution is 5.78. The van der Waals surface area contributed by atoms with Crippen LogP contribution in [0, 0.1) is 11.3 Å². The van der Waals surface area contributed by atoms with Gasteiger partial charge in [-0.3, -0.25) is 4.79 Å². The molecule has 1 heterocycles. The molecule has 1 rings (SSSR count). The van der Waals surface area contributed by atoms with Crippen LogP contribution in [0.1, 0.15) is 40.5 Å². The molecule has 2 atom stereocenters. The molecule has 1 saturated heterocycles. The van der Waals surface area contributed by atoms with Gasteiger partial charge in [0.05, 0.1) is 18.1 Å². The summed E-state index contributed by atoms with van der Waals surface area (Å²) in [5, 5.41) is 12.3. The Morgan fingerprint density at radius 3 is 2.62 bits per heavy atom. The molecule has 1 fully saturated rings. The van der Waals surface area contributed by atoms with Crippen LogP contribution in [0.15, 0.2) is 0 Å². The Labute approximate surface area is 126 Å². The first-order valence-electron chi connectivity index (χ1n) is 7.66. The molecule has 1 aliphatic rings. The average Bonchev–Trinajstić information content (AvgIpc) is 2.42. The number of hydrogen-bond donors (Lipinski definition) is 2. The number of urea groups is 1. The number of hydrogen-bond acceptors (Lipinski definition) is 3. The Balaban J connectivity index is 2.63. The largest absolute Gasteiger partial charge is 0.481 e. The van der Waals surface area contributed by atoms with Gasteiger partial charge in [-0.05, 0) is 32.6 Å². The number of likely N-dealkylation sites (tertiary alicyclic amines) is 1. The standard InChI is InChI=1S/C15H28N2O4/c1-5-21-9-12(11(2)3)16-14(20)17-8-6-7-15(4,10-17)13(18)19/h11-12H,5-10H2,1-4H3,(H,16,20)(H,18,19). The van der Waals surface area contributed by atoms with Crippen molar-refractivity contribution in [3.8, 4) is 0 Å². The van der Waals surface area contributed by atoms with Crippen LogP contribution in [0.2, 0.25) is 0 Å². The monoisotopic (exact) mass is 300 g/mol. The van der Waals surface area contributed by atoms with Crippen LogP contribution >= 0.6 is 0 Å². The lowest BCUT2D eigenvalue weighted by Crippen LogP contribution is -2.54. The van der Waals surface area contributed by atoms with Crippen molar-refractivity contribution in [2.45, 2.75) is 46.6 Å². The molecule has 21 heavy (non-hydrogen) atoms. The second-order valence-corrected chi connectivity index (χ2v) is 6.35. The maximum atomic E-state index is 12.4. The van der Waals surface area contributed by atoms with Crippen LogP contribution in [-0.2, 0) is 9.53 Å². The zero-order valence-corrected chi connectivity index (χ0v) is 13.5. The lowest BCUT2D eigenvalue weighted by molar-refractivity contribution is -0.150. The first kappa shape index (κ1) is 17.8. The predicted molar refractivity (Wildman–Crippen MR) is 80.2 cm³/mol. The fourth-order valence-electron chi connectivity index (χ4n) is 2.48. The Kier molecular flexibility index (Phi) is 6.45. The van der Waals surface area contributed by atoms with Crippen molar-refractivity contribution >= 4 is 12.0 Å². The van der Waals surface area contributed by atoms with E-state index in [2.05, 4.69) is 5.32 Å². The lowest BCUT2D eigenvalue weighted by atomic mass is 9.82. The third-order valence-corrected chi connectivity index (χ3v) is 4.12. The molecule has 0 aromatic carbocycles. The number of piperidine rings is 1. The molecule has 6 heteroatoms. The SMILES string of the molecule is CCOCC(NC(=O)N1CCCC(C)(C(=O)O)C1)C(C)C. The van der Waals surface area contributed by atoms with E-state index < -0.39 is 11.4 Å². The van der Waals surface area contributed by atoms with E-state index >= 15 is 0 Å². The highest BCUT2D eigenvalue weighted by atomic mass is 16.5. The van der Waals surface area contributed by atoms with Crippen LogP contribution in [0.25, 0.3) is 0 Å². The molecule has 0 radical (unpaired) electrons. The zero-order chi connectivity index (χ0) is 16.0. The number of nitrogens with one attached hydrogen (secondary N) is 1. The van der Waals surface area contributed by atoms with Crippen LogP contribution in [0.3, 0.4) is 0 Å². The van der Waals surface area contributed by atoms with Crippen LogP contribution in [-0.4, -0.2) is 54.4 Å². The van der Waals surface area contributed by atoms with Crippen molar-refractivity contribution in [2.75, 3.05) is 26.3 Å². The molecule has 0 bridgehead atoms. The Morgan fingerprint density at radius 2 is 2.10 bits per heavy atom. The van der Waals surface area contributed by atoms with Crippen molar-refractivity contribution in [1.29, 1.82) is 0 Å². The van der Waals surface area contributed by atoms with Gasteiger partial charge in [0.15, 0.2) is 0 Å². The van der Waals surface area contributed by atoms with Gasteiger partial charge in [0.2, 0.25) is 0 Å². The summed E-state index contributed by atoms with van der Waals surface area (Å²) in [4.78, 5) is 25.3. The van der Waals surface area contributed by atoms with Crippen molar-refractivity contribution in [3.05, 3.63) is 0 Å². The third-order valence-electron chi connectivity index (χ3n) is 4.12. The van der Waals surface area contributed by atoms with Gasteiger partial charge in [-0.15, -0.1) is 0 Å². The zero-order valence-electron chi connectivity index (χ0n) is 13.5. The highest BCUT2D eigenvalue weighted by Crippen LogP contribution is 2.29. The first-order valence-corrected chi connectivity index (χ1v) is 7.66. The summed E-state index contributed by atoms with van der Waals surface area (Å²) in [6.45, 7) is 9.63. The summed E-state index contributed by atoms with van der Waals surface area (Å²) in [5.74, 6) is -0.578. The van der Waals surface area contributed by atoms with E-state index in [1.807, 2.05) is 20.8 Å². The van der Waals surface area contributed by atoms with E-state index in [9.17, 15) is 14.7 Å². The van der Waals surface area contributed by atoms with Gasteiger partial charge in [0.25, 0.3) is 0 Å². The lowest BCUT2D eigenvalue weighted by Gasteiger charge is -2.38. The summed E-state index contributed by atoms with van der Waals surface area (Å²) in [5.41, 5.74) is -0.844. The molecule has 0 aromatic rings. The summed E-state index contributed by atoms with van der Waals surface area (Å²) < 4.78 is 5.40. The maximum absolute atomic E-state index is 12.4. The molecule has 6 nitrogen and oxygen atoms in total. The van der Waals surface area contributed by atoms with Gasteiger partial charge in [0.1, 0.15) is 0 Å². The Morgan fingerprint density at radius 1 is 1.43 bits per heavy atom. The van der Waals surface area contributed by atoms with Crippen LogP contribution in [0.5, 0.6) is 0 Å². The molecule has 0 saturated carbocycles. The fraction of sp³-hybridized carbons (Fsp3) is 0.867. The van der Waals surface area contributed by atoms with E-state index in [0.29, 0.717) is 32.6 Å². The molecule has 0 aliphatic carbocycles. The number of carbonyl (C=O) groups is 2. The third kappa shape index (κ3) is 4.88. The van der Waals surface area contributed by atoms with Crippen LogP contribution in [0.4, 0.5) is 4.79 Å². The molecule has 0 spiro atoms. The normalized spacial score (nSPS) is 24.0. The predicted octanol–water partition coefficient (Wildman–Crippen LogP) is 1.94. The van der Waals surface area contributed by atoms with Gasteiger partial charge >= 0.3 is 12.0 Å². The molecule has 1 aliphatic heterocycles. The van der Waals surface area contributed by atoms with Gasteiger partial charge in [-0.25, -0.2) is 4.79 Å². The summed E-state index contributed by atoms with van der Waals surface area (Å²) >= 11 is 0. The topological polar surface area (TPSA) is 78.9 Å². The Hall–Kier alpha value is -1.30. The smallest absolute Gasteiger partial charge is 0.317 e. The number of carboxylic acids is 1. The molecule has 2 amide bonds. The van der Waals surface area contributed by atoms with Crippen molar-refractivity contribution in [3.63, 3.8) is 0 Å². The average molecular weight is 300 g/mol. The highest BCUT2D eigenvalue weighted by Gasteiger charge is 2.39. The van der Waals surface area contributed by atoms with Gasteiger partial charge in [-0.1, -0.05) is 13.8 Å². The van der Waals surface area contributed by atoms with Crippen molar-refractivity contribution in [2.24, 2.45) is 11.3 Å². The Bertz CT molecular complexity index is 373. The number of amides is 2.